The van der Waals surface area contributed by atoms with Crippen molar-refractivity contribution < 1.29 is 14.8 Å². The summed E-state index contributed by atoms with van der Waals surface area (Å²) >= 11 is 1.42. The predicted molar refractivity (Wildman–Crippen MR) is 42.1 cm³/mol. The monoisotopic (exact) mass is 180 g/mol. The molecule has 6 heteroatoms. The molecule has 0 aromatic heterocycles. The molecule has 1 atom stereocenters. The quantitative estimate of drug-likeness (QED) is 0.221. The fourth-order valence-corrected chi connectivity index (χ4v) is 0.553. The van der Waals surface area contributed by atoms with Gasteiger partial charge < -0.3 is 15.2 Å². The SMILES string of the molecule is CSCON=[N+]([O-])CC(C)O. The van der Waals surface area contributed by atoms with Crippen LogP contribution in [0.1, 0.15) is 6.92 Å². The first-order valence-electron chi connectivity index (χ1n) is 3.11. The maximum absolute atomic E-state index is 10.6. The number of hydroxylamine groups is 1. The molecule has 0 aliphatic carbocycles. The van der Waals surface area contributed by atoms with E-state index in [4.69, 9.17) is 5.11 Å². The zero-order chi connectivity index (χ0) is 8.69. The predicted octanol–water partition coefficient (Wildman–Crippen LogP) is 0.582. The first-order valence-corrected chi connectivity index (χ1v) is 4.50. The van der Waals surface area contributed by atoms with Crippen molar-refractivity contribution in [1.29, 1.82) is 0 Å². The van der Waals surface area contributed by atoms with Gasteiger partial charge in [-0.1, -0.05) is 4.86 Å². The number of hydrogen-bond donors (Lipinski definition) is 1. The zero-order valence-electron chi connectivity index (χ0n) is 6.56. The van der Waals surface area contributed by atoms with Crippen LogP contribution in [0.2, 0.25) is 0 Å². The molecule has 0 saturated carbocycles. The summed E-state index contributed by atoms with van der Waals surface area (Å²) in [4.78, 5) is 4.86. The molecule has 0 aliphatic heterocycles. The van der Waals surface area contributed by atoms with Crippen LogP contribution in [0.4, 0.5) is 0 Å². The Morgan fingerprint density at radius 1 is 1.82 bits per heavy atom. The van der Waals surface area contributed by atoms with Gasteiger partial charge in [0.2, 0.25) is 11.8 Å². The standard InChI is InChI=1S/C5H12N2O3S/c1-5(8)3-7(9)6-10-4-11-2/h5,8H,3-4H2,1-2H3. The van der Waals surface area contributed by atoms with Crippen molar-refractivity contribution in [2.45, 2.75) is 13.0 Å². The van der Waals surface area contributed by atoms with Gasteiger partial charge in [0, 0.05) is 0 Å². The van der Waals surface area contributed by atoms with Gasteiger partial charge in [-0.25, -0.2) is 0 Å². The normalized spacial score (nSPS) is 14.6. The summed E-state index contributed by atoms with van der Waals surface area (Å²) in [7, 11) is 0. The average Bonchev–Trinajstić information content (AvgIpc) is 1.86. The molecule has 0 heterocycles. The second kappa shape index (κ2) is 6.23. The highest BCUT2D eigenvalue weighted by molar-refractivity contribution is 7.98. The van der Waals surface area contributed by atoms with Crippen LogP contribution in [0.5, 0.6) is 0 Å². The summed E-state index contributed by atoms with van der Waals surface area (Å²) in [6, 6.07) is 0. The van der Waals surface area contributed by atoms with E-state index in [0.29, 0.717) is 10.8 Å². The number of nitrogens with zero attached hydrogens (tertiary/aromatic N) is 2. The first kappa shape index (κ1) is 10.5. The van der Waals surface area contributed by atoms with Crippen molar-refractivity contribution in [1.82, 2.24) is 0 Å². The maximum Gasteiger partial charge on any atom is 0.209 e. The molecule has 0 aliphatic rings. The van der Waals surface area contributed by atoms with E-state index in [2.05, 4.69) is 10.1 Å². The van der Waals surface area contributed by atoms with E-state index in [1.165, 1.54) is 18.7 Å². The van der Waals surface area contributed by atoms with Crippen molar-refractivity contribution in [3.63, 3.8) is 0 Å². The summed E-state index contributed by atoms with van der Waals surface area (Å²) < 4.78 is 0. The van der Waals surface area contributed by atoms with Crippen LogP contribution >= 0.6 is 11.8 Å². The molecule has 66 valence electrons. The number of thioether (sulfide) groups is 1. The van der Waals surface area contributed by atoms with Gasteiger partial charge in [0.1, 0.15) is 6.10 Å². The Bertz CT molecular complexity index is 129. The van der Waals surface area contributed by atoms with E-state index in [0.717, 1.165) is 0 Å². The summed E-state index contributed by atoms with van der Waals surface area (Å²) in [5.41, 5.74) is 0. The highest BCUT2D eigenvalue weighted by Gasteiger charge is 2.02. The third-order valence-electron chi connectivity index (χ3n) is 0.740. The Morgan fingerprint density at radius 3 is 2.91 bits per heavy atom. The van der Waals surface area contributed by atoms with Crippen molar-refractivity contribution >= 4 is 11.8 Å². The first-order chi connectivity index (χ1) is 5.16. The van der Waals surface area contributed by atoms with Crippen molar-refractivity contribution in [2.24, 2.45) is 5.28 Å². The molecule has 0 aromatic carbocycles. The van der Waals surface area contributed by atoms with Crippen molar-refractivity contribution in [2.75, 3.05) is 18.7 Å². The van der Waals surface area contributed by atoms with Gasteiger partial charge >= 0.3 is 0 Å². The second-order valence-electron chi connectivity index (χ2n) is 2.00. The molecule has 0 spiro atoms. The third-order valence-corrected chi connectivity index (χ3v) is 1.08. The molecule has 1 unspecified atom stereocenters. The Labute approximate surface area is 69.6 Å². The van der Waals surface area contributed by atoms with E-state index in [-0.39, 0.29) is 6.54 Å². The minimum atomic E-state index is -0.686. The summed E-state index contributed by atoms with van der Waals surface area (Å²) in [5, 5.41) is 22.5. The van der Waals surface area contributed by atoms with Crippen LogP contribution in [0, 0.1) is 5.21 Å². The van der Waals surface area contributed by atoms with Gasteiger partial charge in [0.15, 0.2) is 5.94 Å². The molecule has 11 heavy (non-hydrogen) atoms. The van der Waals surface area contributed by atoms with E-state index in [1.807, 2.05) is 6.26 Å². The van der Waals surface area contributed by atoms with Gasteiger partial charge in [-0.3, -0.25) is 0 Å². The molecular weight excluding hydrogens is 168 g/mol. The molecule has 0 fully saturated rings. The molecule has 5 nitrogen and oxygen atoms in total. The minimum absolute atomic E-state index is 0.0611. The number of rotatable bonds is 5. The topological polar surface area (TPSA) is 67.9 Å². The Morgan fingerprint density at radius 2 is 2.45 bits per heavy atom. The lowest BCUT2D eigenvalue weighted by molar-refractivity contribution is -0.564. The van der Waals surface area contributed by atoms with Crippen molar-refractivity contribution in [3.05, 3.63) is 5.21 Å². The molecule has 0 amide bonds. The number of aliphatic hydroxyl groups excluding tert-OH is 1. The van der Waals surface area contributed by atoms with E-state index < -0.39 is 6.10 Å². The molecule has 0 aromatic rings. The van der Waals surface area contributed by atoms with E-state index in [9.17, 15) is 5.21 Å². The van der Waals surface area contributed by atoms with Gasteiger partial charge in [0.25, 0.3) is 0 Å². The lowest BCUT2D eigenvalue weighted by Crippen LogP contribution is -2.16. The lowest BCUT2D eigenvalue weighted by atomic mass is 10.4. The largest absolute Gasteiger partial charge is 0.597 e. The summed E-state index contributed by atoms with van der Waals surface area (Å²) in [6.45, 7) is 1.45. The van der Waals surface area contributed by atoms with Gasteiger partial charge in [0.05, 0.1) is 0 Å². The fourth-order valence-electron chi connectivity index (χ4n) is 0.400. The molecule has 0 rings (SSSR count). The smallest absolute Gasteiger partial charge is 0.209 e. The molecule has 0 radical (unpaired) electrons. The molecule has 0 saturated heterocycles. The zero-order valence-corrected chi connectivity index (χ0v) is 7.37. The van der Waals surface area contributed by atoms with Gasteiger partial charge in [-0.2, -0.15) is 0 Å². The summed E-state index contributed by atoms with van der Waals surface area (Å²) in [5.74, 6) is 0.346. The number of aliphatic hydroxyl groups is 1. The summed E-state index contributed by atoms with van der Waals surface area (Å²) in [6.07, 6.45) is 1.15. The Kier molecular flexibility index (Phi) is 5.96. The lowest BCUT2D eigenvalue weighted by Gasteiger charge is -2.01. The fraction of sp³-hybridized carbons (Fsp3) is 1.00. The minimum Gasteiger partial charge on any atom is -0.597 e. The number of hydrogen-bond acceptors (Lipinski definition) is 5. The van der Waals surface area contributed by atoms with Crippen LogP contribution in [0.3, 0.4) is 0 Å². The van der Waals surface area contributed by atoms with Crippen molar-refractivity contribution in [3.8, 4) is 0 Å². The Balaban J connectivity index is 3.46. The van der Waals surface area contributed by atoms with Crippen LogP contribution < -0.4 is 0 Å². The van der Waals surface area contributed by atoms with Crippen LogP contribution in [-0.4, -0.2) is 34.8 Å². The molecule has 0 bridgehead atoms. The maximum atomic E-state index is 10.6. The average molecular weight is 180 g/mol. The van der Waals surface area contributed by atoms with E-state index >= 15 is 0 Å². The highest BCUT2D eigenvalue weighted by Crippen LogP contribution is 1.93. The highest BCUT2D eigenvalue weighted by atomic mass is 32.2. The third kappa shape index (κ3) is 7.41. The second-order valence-corrected chi connectivity index (χ2v) is 2.81. The van der Waals surface area contributed by atoms with Crippen LogP contribution in [-0.2, 0) is 4.84 Å². The molecular formula is C5H12N2O3S. The van der Waals surface area contributed by atoms with Gasteiger partial charge in [-0.05, 0) is 13.2 Å². The Hall–Kier alpha value is -0.490. The van der Waals surface area contributed by atoms with Crippen LogP contribution in [0.25, 0.3) is 0 Å². The van der Waals surface area contributed by atoms with Crippen LogP contribution in [0.15, 0.2) is 5.28 Å². The molecule has 1 N–H and O–H groups in total. The van der Waals surface area contributed by atoms with E-state index in [1.54, 1.807) is 0 Å². The van der Waals surface area contributed by atoms with Gasteiger partial charge in [-0.15, -0.1) is 11.8 Å².